The van der Waals surface area contributed by atoms with E-state index < -0.39 is 44.6 Å². The summed E-state index contributed by atoms with van der Waals surface area (Å²) in [5.74, 6) is -1.43. The standard InChI is InChI=1S/C12H8ClF4N3O3/c1-19-11(12(15,16)17)9(13)10(18-19)5-3-7(20(21)22)8(23-2)4-6(5)14/h3-4H,1-2H3. The Kier molecular flexibility index (Phi) is 4.20. The van der Waals surface area contributed by atoms with Crippen LogP contribution in [0.2, 0.25) is 5.02 Å². The van der Waals surface area contributed by atoms with Crippen molar-refractivity contribution < 1.29 is 27.2 Å². The predicted molar refractivity (Wildman–Crippen MR) is 71.8 cm³/mol. The molecule has 1 aromatic heterocycles. The summed E-state index contributed by atoms with van der Waals surface area (Å²) < 4.78 is 57.9. The number of aryl methyl sites for hydroxylation is 1. The van der Waals surface area contributed by atoms with Crippen molar-refractivity contribution in [2.45, 2.75) is 6.18 Å². The molecule has 23 heavy (non-hydrogen) atoms. The van der Waals surface area contributed by atoms with Crippen LogP contribution in [0.3, 0.4) is 0 Å². The summed E-state index contributed by atoms with van der Waals surface area (Å²) in [5, 5.41) is 13.6. The van der Waals surface area contributed by atoms with Crippen LogP contribution in [0.4, 0.5) is 23.2 Å². The average molecular weight is 354 g/mol. The van der Waals surface area contributed by atoms with E-state index >= 15 is 0 Å². The minimum absolute atomic E-state index is 0.376. The van der Waals surface area contributed by atoms with Crippen LogP contribution in [-0.4, -0.2) is 21.8 Å². The van der Waals surface area contributed by atoms with Gasteiger partial charge < -0.3 is 4.74 Å². The summed E-state index contributed by atoms with van der Waals surface area (Å²) >= 11 is 5.66. The van der Waals surface area contributed by atoms with Crippen molar-refractivity contribution in [3.63, 3.8) is 0 Å². The van der Waals surface area contributed by atoms with Crippen LogP contribution in [0.25, 0.3) is 11.3 Å². The lowest BCUT2D eigenvalue weighted by molar-refractivity contribution is -0.385. The number of methoxy groups -OCH3 is 1. The molecule has 0 aliphatic rings. The second-order valence-electron chi connectivity index (χ2n) is 4.39. The third-order valence-corrected chi connectivity index (χ3v) is 3.34. The van der Waals surface area contributed by atoms with E-state index in [-0.39, 0.29) is 5.75 Å². The quantitative estimate of drug-likeness (QED) is 0.478. The second kappa shape index (κ2) is 5.69. The van der Waals surface area contributed by atoms with Crippen LogP contribution in [-0.2, 0) is 13.2 Å². The lowest BCUT2D eigenvalue weighted by Crippen LogP contribution is -2.12. The highest BCUT2D eigenvalue weighted by Gasteiger charge is 2.39. The molecule has 0 aliphatic carbocycles. The monoisotopic (exact) mass is 353 g/mol. The van der Waals surface area contributed by atoms with Gasteiger partial charge in [0.05, 0.1) is 17.1 Å². The second-order valence-corrected chi connectivity index (χ2v) is 4.77. The molecule has 0 saturated heterocycles. The molecule has 6 nitrogen and oxygen atoms in total. The molecule has 0 spiro atoms. The topological polar surface area (TPSA) is 70.2 Å². The first-order valence-electron chi connectivity index (χ1n) is 5.90. The normalized spacial score (nSPS) is 11.6. The van der Waals surface area contributed by atoms with E-state index in [1.54, 1.807) is 0 Å². The van der Waals surface area contributed by atoms with Gasteiger partial charge in [-0.1, -0.05) is 11.6 Å². The maximum absolute atomic E-state index is 14.1. The van der Waals surface area contributed by atoms with Crippen molar-refractivity contribution >= 4 is 17.3 Å². The van der Waals surface area contributed by atoms with E-state index in [9.17, 15) is 27.7 Å². The Morgan fingerprint density at radius 3 is 2.43 bits per heavy atom. The molecule has 0 N–H and O–H groups in total. The van der Waals surface area contributed by atoms with Gasteiger partial charge >= 0.3 is 11.9 Å². The van der Waals surface area contributed by atoms with Crippen molar-refractivity contribution in [2.24, 2.45) is 7.05 Å². The molecule has 0 aliphatic heterocycles. The molecule has 2 aromatic rings. The van der Waals surface area contributed by atoms with Crippen molar-refractivity contribution in [3.05, 3.63) is 38.8 Å². The number of rotatable bonds is 3. The Bertz CT molecular complexity index is 789. The van der Waals surface area contributed by atoms with Gasteiger partial charge in [-0.3, -0.25) is 14.8 Å². The number of halogens is 5. The summed E-state index contributed by atoms with van der Waals surface area (Å²) in [4.78, 5) is 10.1. The van der Waals surface area contributed by atoms with Crippen molar-refractivity contribution in [1.82, 2.24) is 9.78 Å². The maximum Gasteiger partial charge on any atom is 0.434 e. The molecule has 124 valence electrons. The van der Waals surface area contributed by atoms with E-state index in [0.29, 0.717) is 10.7 Å². The third kappa shape index (κ3) is 2.93. The first-order valence-corrected chi connectivity index (χ1v) is 6.27. The van der Waals surface area contributed by atoms with Gasteiger partial charge in [-0.2, -0.15) is 18.3 Å². The van der Waals surface area contributed by atoms with E-state index in [2.05, 4.69) is 9.84 Å². The van der Waals surface area contributed by atoms with Crippen LogP contribution >= 0.6 is 11.6 Å². The third-order valence-electron chi connectivity index (χ3n) is 2.98. The number of benzene rings is 1. The summed E-state index contributed by atoms with van der Waals surface area (Å²) in [6, 6.07) is 1.41. The van der Waals surface area contributed by atoms with Crippen LogP contribution < -0.4 is 4.74 Å². The van der Waals surface area contributed by atoms with Gasteiger partial charge in [0.25, 0.3) is 0 Å². The fraction of sp³-hybridized carbons (Fsp3) is 0.250. The molecular formula is C12H8ClF4N3O3. The number of nitro groups is 1. The Hall–Kier alpha value is -2.36. The van der Waals surface area contributed by atoms with Gasteiger partial charge in [0, 0.05) is 24.7 Å². The molecule has 2 rings (SSSR count). The number of nitro benzene ring substituents is 1. The van der Waals surface area contributed by atoms with Crippen LogP contribution in [0.15, 0.2) is 12.1 Å². The average Bonchev–Trinajstić information content (AvgIpc) is 2.72. The van der Waals surface area contributed by atoms with Gasteiger partial charge in [0.15, 0.2) is 11.4 Å². The molecule has 1 heterocycles. The zero-order chi connectivity index (χ0) is 17.5. The van der Waals surface area contributed by atoms with Crippen molar-refractivity contribution in [2.75, 3.05) is 7.11 Å². The van der Waals surface area contributed by atoms with Gasteiger partial charge in [-0.25, -0.2) is 4.39 Å². The molecule has 0 bridgehead atoms. The Balaban J connectivity index is 2.73. The van der Waals surface area contributed by atoms with Crippen molar-refractivity contribution in [3.8, 4) is 17.0 Å². The molecular weight excluding hydrogens is 346 g/mol. The maximum atomic E-state index is 14.1. The fourth-order valence-corrected chi connectivity index (χ4v) is 2.38. The van der Waals surface area contributed by atoms with Gasteiger partial charge in [-0.05, 0) is 0 Å². The van der Waals surface area contributed by atoms with E-state index in [0.717, 1.165) is 20.2 Å². The highest BCUT2D eigenvalue weighted by atomic mass is 35.5. The molecule has 0 atom stereocenters. The summed E-state index contributed by atoms with van der Waals surface area (Å²) in [6.45, 7) is 0. The van der Waals surface area contributed by atoms with Crippen LogP contribution in [0, 0.1) is 15.9 Å². The number of hydrogen-bond donors (Lipinski definition) is 0. The molecule has 0 amide bonds. The Labute approximate surface area is 131 Å². The molecule has 0 radical (unpaired) electrons. The molecule has 0 saturated carbocycles. The summed E-state index contributed by atoms with van der Waals surface area (Å²) in [6.07, 6.45) is -4.81. The SMILES string of the molecule is COc1cc(F)c(-c2nn(C)c(C(F)(F)F)c2Cl)cc1[N+](=O)[O-]. The zero-order valence-corrected chi connectivity index (χ0v) is 12.4. The van der Waals surface area contributed by atoms with E-state index in [1.165, 1.54) is 0 Å². The highest BCUT2D eigenvalue weighted by molar-refractivity contribution is 6.33. The number of ether oxygens (including phenoxy) is 1. The van der Waals surface area contributed by atoms with Crippen LogP contribution in [0.1, 0.15) is 5.69 Å². The lowest BCUT2D eigenvalue weighted by atomic mass is 10.1. The number of alkyl halides is 3. The Morgan fingerprint density at radius 1 is 1.39 bits per heavy atom. The largest absolute Gasteiger partial charge is 0.490 e. The number of aromatic nitrogens is 2. The van der Waals surface area contributed by atoms with Crippen LogP contribution in [0.5, 0.6) is 5.75 Å². The van der Waals surface area contributed by atoms with Gasteiger partial charge in [0.2, 0.25) is 0 Å². The minimum Gasteiger partial charge on any atom is -0.490 e. The smallest absolute Gasteiger partial charge is 0.434 e. The molecule has 0 fully saturated rings. The number of nitrogens with zero attached hydrogens (tertiary/aromatic N) is 3. The fourth-order valence-electron chi connectivity index (χ4n) is 2.01. The zero-order valence-electron chi connectivity index (χ0n) is 11.6. The molecule has 11 heteroatoms. The first-order chi connectivity index (χ1) is 10.6. The predicted octanol–water partition coefficient (Wildman–Crippen LogP) is 3.82. The van der Waals surface area contributed by atoms with E-state index in [4.69, 9.17) is 11.6 Å². The lowest BCUT2D eigenvalue weighted by Gasteiger charge is -2.07. The molecule has 1 aromatic carbocycles. The van der Waals surface area contributed by atoms with Crippen molar-refractivity contribution in [1.29, 1.82) is 0 Å². The summed E-state index contributed by atoms with van der Waals surface area (Å²) in [5.41, 5.74) is -3.00. The van der Waals surface area contributed by atoms with Gasteiger partial charge in [-0.15, -0.1) is 0 Å². The molecule has 0 unspecified atom stereocenters. The first kappa shape index (κ1) is 17.0. The number of hydrogen-bond acceptors (Lipinski definition) is 4. The minimum atomic E-state index is -4.81. The summed E-state index contributed by atoms with van der Waals surface area (Å²) in [7, 11) is 2.07. The van der Waals surface area contributed by atoms with Gasteiger partial charge in [0.1, 0.15) is 11.5 Å². The highest BCUT2D eigenvalue weighted by Crippen LogP contribution is 2.42. The Morgan fingerprint density at radius 2 is 2.00 bits per heavy atom. The van der Waals surface area contributed by atoms with E-state index in [1.807, 2.05) is 0 Å².